The van der Waals surface area contributed by atoms with Crippen molar-refractivity contribution in [2.75, 3.05) is 13.7 Å². The highest BCUT2D eigenvalue weighted by molar-refractivity contribution is 5.40. The van der Waals surface area contributed by atoms with E-state index >= 15 is 0 Å². The average molecular weight is 416 g/mol. The molecule has 4 rings (SSSR count). The molecule has 0 radical (unpaired) electrons. The summed E-state index contributed by atoms with van der Waals surface area (Å²) in [6.07, 6.45) is 8.75. The number of nitrogens with one attached hydrogen (secondary N) is 1. The van der Waals surface area contributed by atoms with Gasteiger partial charge in [0.2, 0.25) is 0 Å². The van der Waals surface area contributed by atoms with Crippen LogP contribution in [0.4, 0.5) is 0 Å². The fourth-order valence-electron chi connectivity index (χ4n) is 4.68. The Morgan fingerprint density at radius 1 is 1.03 bits per heavy atom. The van der Waals surface area contributed by atoms with Crippen LogP contribution in [0.1, 0.15) is 54.5 Å². The van der Waals surface area contributed by atoms with Crippen molar-refractivity contribution in [1.29, 1.82) is 0 Å². The Labute approximate surface area is 186 Å². The van der Waals surface area contributed by atoms with Crippen molar-refractivity contribution in [1.82, 2.24) is 15.2 Å². The highest BCUT2D eigenvalue weighted by atomic mass is 16.5. The highest BCUT2D eigenvalue weighted by Gasteiger charge is 2.31. The number of ether oxygens (including phenoxy) is 1. The number of hydrogen-bond acceptors (Lipinski definition) is 4. The van der Waals surface area contributed by atoms with Crippen molar-refractivity contribution >= 4 is 0 Å². The summed E-state index contributed by atoms with van der Waals surface area (Å²) >= 11 is 0. The first-order valence-corrected chi connectivity index (χ1v) is 11.4. The minimum atomic E-state index is 0.220. The van der Waals surface area contributed by atoms with E-state index < -0.39 is 0 Å². The van der Waals surface area contributed by atoms with Crippen LogP contribution in [0.2, 0.25) is 0 Å². The first-order chi connectivity index (χ1) is 15.3. The van der Waals surface area contributed by atoms with Gasteiger partial charge in [0, 0.05) is 25.5 Å². The van der Waals surface area contributed by atoms with E-state index in [2.05, 4.69) is 82.8 Å². The normalized spacial score (nSPS) is 17.9. The van der Waals surface area contributed by atoms with Crippen molar-refractivity contribution in [2.45, 2.75) is 51.4 Å². The Morgan fingerprint density at radius 3 is 2.55 bits per heavy atom. The molecule has 1 aliphatic rings. The average Bonchev–Trinajstić information content (AvgIpc) is 2.85. The summed E-state index contributed by atoms with van der Waals surface area (Å²) in [7, 11) is 1.72. The molecule has 1 aromatic heterocycles. The summed E-state index contributed by atoms with van der Waals surface area (Å²) in [5, 5.41) is 3.84. The number of pyridine rings is 1. The number of likely N-dealkylation sites (tertiary alicyclic amines) is 1. The summed E-state index contributed by atoms with van der Waals surface area (Å²) < 4.78 is 5.42. The van der Waals surface area contributed by atoms with Gasteiger partial charge in [0.25, 0.3) is 0 Å². The highest BCUT2D eigenvalue weighted by Crippen LogP contribution is 2.36. The molecule has 2 aromatic carbocycles. The second kappa shape index (κ2) is 10.6. The van der Waals surface area contributed by atoms with Crippen LogP contribution in [-0.2, 0) is 13.0 Å². The number of nitrogens with zero attached hydrogens (tertiary/aromatic N) is 2. The Balaban J connectivity index is 1.67. The maximum Gasteiger partial charge on any atom is 0.118 e. The number of hydrogen-bond donors (Lipinski definition) is 1. The number of benzene rings is 2. The molecule has 2 heterocycles. The molecule has 0 amide bonds. The predicted molar refractivity (Wildman–Crippen MR) is 126 cm³/mol. The topological polar surface area (TPSA) is 37.4 Å². The zero-order valence-electron chi connectivity index (χ0n) is 18.6. The maximum absolute atomic E-state index is 5.42. The van der Waals surface area contributed by atoms with Gasteiger partial charge >= 0.3 is 0 Å². The first-order valence-electron chi connectivity index (χ1n) is 11.4. The van der Waals surface area contributed by atoms with E-state index in [4.69, 9.17) is 4.74 Å². The Hall–Kier alpha value is -2.69. The summed E-state index contributed by atoms with van der Waals surface area (Å²) in [6.45, 7) is 4.19. The van der Waals surface area contributed by atoms with Crippen molar-refractivity contribution < 1.29 is 4.74 Å². The fourth-order valence-corrected chi connectivity index (χ4v) is 4.68. The molecular weight excluding hydrogens is 382 g/mol. The van der Waals surface area contributed by atoms with E-state index in [1.54, 1.807) is 7.11 Å². The van der Waals surface area contributed by atoms with Crippen LogP contribution in [0.5, 0.6) is 5.75 Å². The van der Waals surface area contributed by atoms with Gasteiger partial charge in [-0.2, -0.15) is 0 Å². The largest absolute Gasteiger partial charge is 0.497 e. The molecule has 1 aliphatic heterocycles. The maximum atomic E-state index is 5.42. The third-order valence-corrected chi connectivity index (χ3v) is 6.33. The number of aryl methyl sites for hydroxylation is 1. The first kappa shape index (κ1) is 21.5. The number of piperidine rings is 1. The summed E-state index contributed by atoms with van der Waals surface area (Å²) in [4.78, 5) is 6.82. The van der Waals surface area contributed by atoms with Crippen LogP contribution in [-0.4, -0.2) is 29.7 Å². The van der Waals surface area contributed by atoms with Gasteiger partial charge in [0.05, 0.1) is 19.3 Å². The second-order valence-corrected chi connectivity index (χ2v) is 8.21. The molecule has 0 bridgehead atoms. The van der Waals surface area contributed by atoms with E-state index in [-0.39, 0.29) is 6.04 Å². The SMILES string of the molecule is CCc1ccccc1C(c1ccc(OC)cc1)N1CCCCC1NCc1ccncc1. The molecule has 4 heteroatoms. The summed E-state index contributed by atoms with van der Waals surface area (Å²) in [6, 6.07) is 21.9. The molecule has 3 aromatic rings. The third-order valence-electron chi connectivity index (χ3n) is 6.33. The van der Waals surface area contributed by atoms with Gasteiger partial charge in [-0.05, 0) is 72.2 Å². The quantitative estimate of drug-likeness (QED) is 0.539. The van der Waals surface area contributed by atoms with Gasteiger partial charge in [0.1, 0.15) is 5.75 Å². The van der Waals surface area contributed by atoms with Crippen LogP contribution in [0.25, 0.3) is 0 Å². The number of methoxy groups -OCH3 is 1. The molecule has 0 spiro atoms. The van der Waals surface area contributed by atoms with Crippen molar-refractivity contribution in [3.05, 3.63) is 95.3 Å². The Kier molecular flexibility index (Phi) is 7.34. The zero-order chi connectivity index (χ0) is 21.5. The predicted octanol–water partition coefficient (Wildman–Crippen LogP) is 5.34. The fraction of sp³-hybridized carbons (Fsp3) is 0.370. The molecule has 162 valence electrons. The molecule has 0 aliphatic carbocycles. The van der Waals surface area contributed by atoms with Crippen LogP contribution < -0.4 is 10.1 Å². The van der Waals surface area contributed by atoms with Gasteiger partial charge in [-0.3, -0.25) is 15.2 Å². The van der Waals surface area contributed by atoms with Crippen molar-refractivity contribution in [2.24, 2.45) is 0 Å². The van der Waals surface area contributed by atoms with Gasteiger partial charge in [-0.1, -0.05) is 43.3 Å². The zero-order valence-corrected chi connectivity index (χ0v) is 18.6. The molecule has 2 atom stereocenters. The summed E-state index contributed by atoms with van der Waals surface area (Å²) in [5.74, 6) is 0.900. The standard InChI is InChI=1S/C27H33N3O/c1-3-22-8-4-5-9-25(22)27(23-11-13-24(31-2)14-12-23)30-19-7-6-10-26(30)29-20-21-15-17-28-18-16-21/h4-5,8-9,11-18,26-27,29H,3,6-7,10,19-20H2,1-2H3. The third kappa shape index (κ3) is 5.15. The van der Waals surface area contributed by atoms with E-state index in [0.717, 1.165) is 31.7 Å². The van der Waals surface area contributed by atoms with Crippen LogP contribution >= 0.6 is 0 Å². The monoisotopic (exact) mass is 415 g/mol. The molecule has 4 nitrogen and oxygen atoms in total. The smallest absolute Gasteiger partial charge is 0.118 e. The minimum absolute atomic E-state index is 0.220. The lowest BCUT2D eigenvalue weighted by atomic mass is 9.90. The molecule has 1 saturated heterocycles. The van der Waals surface area contributed by atoms with Gasteiger partial charge in [-0.25, -0.2) is 0 Å². The number of rotatable bonds is 8. The second-order valence-electron chi connectivity index (χ2n) is 8.21. The minimum Gasteiger partial charge on any atom is -0.497 e. The molecule has 1 fully saturated rings. The van der Waals surface area contributed by atoms with E-state index in [1.807, 2.05) is 12.4 Å². The molecule has 2 unspecified atom stereocenters. The Bertz CT molecular complexity index is 942. The molecular formula is C27H33N3O. The van der Waals surface area contributed by atoms with Gasteiger partial charge < -0.3 is 4.74 Å². The molecule has 31 heavy (non-hydrogen) atoms. The van der Waals surface area contributed by atoms with Gasteiger partial charge in [0.15, 0.2) is 0 Å². The van der Waals surface area contributed by atoms with Gasteiger partial charge in [-0.15, -0.1) is 0 Å². The lowest BCUT2D eigenvalue weighted by Crippen LogP contribution is -2.50. The van der Waals surface area contributed by atoms with Crippen molar-refractivity contribution in [3.63, 3.8) is 0 Å². The molecule has 1 N–H and O–H groups in total. The van der Waals surface area contributed by atoms with Crippen LogP contribution in [0.3, 0.4) is 0 Å². The lowest BCUT2D eigenvalue weighted by Gasteiger charge is -2.42. The molecule has 0 saturated carbocycles. The van der Waals surface area contributed by atoms with Crippen molar-refractivity contribution in [3.8, 4) is 5.75 Å². The lowest BCUT2D eigenvalue weighted by molar-refractivity contribution is 0.0873. The summed E-state index contributed by atoms with van der Waals surface area (Å²) in [5.41, 5.74) is 5.42. The Morgan fingerprint density at radius 2 is 1.81 bits per heavy atom. The van der Waals surface area contributed by atoms with E-state index in [1.165, 1.54) is 35.1 Å². The van der Waals surface area contributed by atoms with E-state index in [0.29, 0.717) is 6.17 Å². The van der Waals surface area contributed by atoms with Crippen LogP contribution in [0.15, 0.2) is 73.1 Å². The number of aromatic nitrogens is 1. The van der Waals surface area contributed by atoms with Crippen LogP contribution in [0, 0.1) is 0 Å². The van der Waals surface area contributed by atoms with E-state index in [9.17, 15) is 0 Å².